The Morgan fingerprint density at radius 2 is 2.24 bits per heavy atom. The maximum absolute atomic E-state index is 12.2. The number of nitrogens with zero attached hydrogens (tertiary/aromatic N) is 2. The van der Waals surface area contributed by atoms with Crippen LogP contribution in [0.25, 0.3) is 0 Å². The number of likely N-dealkylation sites (tertiary alicyclic amines) is 1. The standard InChI is InChI=1S/C17H25N3O/c1-3-19-8-7-14(11-19)12-20-16(21)10-18-17(20)15-6-4-5-13(2)9-15/h4-6,9,14,17-18H,3,7-8,10-12H2,1-2H3. The minimum atomic E-state index is 0.0491. The van der Waals surface area contributed by atoms with E-state index in [4.69, 9.17) is 0 Å². The van der Waals surface area contributed by atoms with E-state index in [1.165, 1.54) is 24.1 Å². The first-order valence-corrected chi connectivity index (χ1v) is 7.99. The van der Waals surface area contributed by atoms with Gasteiger partial charge in [0.1, 0.15) is 6.17 Å². The maximum Gasteiger partial charge on any atom is 0.238 e. The van der Waals surface area contributed by atoms with Gasteiger partial charge in [0.25, 0.3) is 0 Å². The predicted molar refractivity (Wildman–Crippen MR) is 83.9 cm³/mol. The Bertz CT molecular complexity index is 517. The van der Waals surface area contributed by atoms with Gasteiger partial charge in [0, 0.05) is 13.1 Å². The molecule has 4 heteroatoms. The summed E-state index contributed by atoms with van der Waals surface area (Å²) in [5.41, 5.74) is 2.44. The summed E-state index contributed by atoms with van der Waals surface area (Å²) in [5, 5.41) is 3.36. The summed E-state index contributed by atoms with van der Waals surface area (Å²) in [6.45, 7) is 9.06. The number of carbonyl (C=O) groups excluding carboxylic acids is 1. The van der Waals surface area contributed by atoms with Gasteiger partial charge in [-0.15, -0.1) is 0 Å². The van der Waals surface area contributed by atoms with Gasteiger partial charge in [0.2, 0.25) is 5.91 Å². The highest BCUT2D eigenvalue weighted by Gasteiger charge is 2.34. The molecule has 0 radical (unpaired) electrons. The van der Waals surface area contributed by atoms with E-state index in [9.17, 15) is 4.79 Å². The molecule has 0 bridgehead atoms. The first kappa shape index (κ1) is 14.5. The van der Waals surface area contributed by atoms with Crippen molar-refractivity contribution >= 4 is 5.91 Å². The Balaban J connectivity index is 1.71. The lowest BCUT2D eigenvalue weighted by Crippen LogP contribution is -2.35. The van der Waals surface area contributed by atoms with E-state index >= 15 is 0 Å². The van der Waals surface area contributed by atoms with Crippen molar-refractivity contribution < 1.29 is 4.79 Å². The predicted octanol–water partition coefficient (Wildman–Crippen LogP) is 1.77. The quantitative estimate of drug-likeness (QED) is 0.917. The SMILES string of the molecule is CCN1CCC(CN2C(=O)CNC2c2cccc(C)c2)C1. The Labute approximate surface area is 127 Å². The number of benzene rings is 1. The molecule has 3 rings (SSSR count). The van der Waals surface area contributed by atoms with E-state index in [0.29, 0.717) is 12.5 Å². The topological polar surface area (TPSA) is 35.6 Å². The number of amides is 1. The molecule has 114 valence electrons. The Hall–Kier alpha value is -1.39. The molecule has 2 atom stereocenters. The van der Waals surface area contributed by atoms with Crippen LogP contribution in [0.3, 0.4) is 0 Å². The summed E-state index contributed by atoms with van der Waals surface area (Å²) in [6, 6.07) is 8.46. The fraction of sp³-hybridized carbons (Fsp3) is 0.588. The van der Waals surface area contributed by atoms with Crippen molar-refractivity contribution in [2.75, 3.05) is 32.7 Å². The zero-order valence-electron chi connectivity index (χ0n) is 13.0. The average molecular weight is 287 g/mol. The highest BCUT2D eigenvalue weighted by molar-refractivity contribution is 5.81. The number of aryl methyl sites for hydroxylation is 1. The van der Waals surface area contributed by atoms with Crippen LogP contribution < -0.4 is 5.32 Å². The van der Waals surface area contributed by atoms with E-state index < -0.39 is 0 Å². The molecule has 0 saturated carbocycles. The summed E-state index contributed by atoms with van der Waals surface area (Å²) >= 11 is 0. The highest BCUT2D eigenvalue weighted by atomic mass is 16.2. The minimum Gasteiger partial charge on any atom is -0.321 e. The van der Waals surface area contributed by atoms with Gasteiger partial charge < -0.3 is 9.80 Å². The summed E-state index contributed by atoms with van der Waals surface area (Å²) in [5.74, 6) is 0.845. The van der Waals surface area contributed by atoms with Gasteiger partial charge in [-0.05, 0) is 37.9 Å². The van der Waals surface area contributed by atoms with Crippen LogP contribution in [-0.4, -0.2) is 48.4 Å². The van der Waals surface area contributed by atoms with Crippen molar-refractivity contribution in [3.05, 3.63) is 35.4 Å². The molecule has 2 saturated heterocycles. The van der Waals surface area contributed by atoms with E-state index in [2.05, 4.69) is 48.3 Å². The third-order valence-corrected chi connectivity index (χ3v) is 4.71. The van der Waals surface area contributed by atoms with Crippen molar-refractivity contribution in [2.24, 2.45) is 5.92 Å². The molecular formula is C17H25N3O. The van der Waals surface area contributed by atoms with Gasteiger partial charge in [-0.25, -0.2) is 0 Å². The van der Waals surface area contributed by atoms with Crippen molar-refractivity contribution in [2.45, 2.75) is 26.4 Å². The van der Waals surface area contributed by atoms with Crippen LogP contribution in [0.4, 0.5) is 0 Å². The molecule has 4 nitrogen and oxygen atoms in total. The monoisotopic (exact) mass is 287 g/mol. The maximum atomic E-state index is 12.2. The second-order valence-electron chi connectivity index (χ2n) is 6.29. The molecule has 2 aliphatic rings. The van der Waals surface area contributed by atoms with Crippen LogP contribution in [-0.2, 0) is 4.79 Å². The van der Waals surface area contributed by atoms with Gasteiger partial charge in [-0.3, -0.25) is 10.1 Å². The number of carbonyl (C=O) groups is 1. The normalized spacial score (nSPS) is 26.8. The van der Waals surface area contributed by atoms with Crippen molar-refractivity contribution in [1.29, 1.82) is 0 Å². The summed E-state index contributed by atoms with van der Waals surface area (Å²) in [6.07, 6.45) is 1.26. The minimum absolute atomic E-state index is 0.0491. The van der Waals surface area contributed by atoms with Gasteiger partial charge in [0.15, 0.2) is 0 Å². The largest absolute Gasteiger partial charge is 0.321 e. The zero-order chi connectivity index (χ0) is 14.8. The molecule has 2 unspecified atom stereocenters. The Morgan fingerprint density at radius 1 is 1.38 bits per heavy atom. The van der Waals surface area contributed by atoms with Crippen LogP contribution in [0, 0.1) is 12.8 Å². The molecule has 2 fully saturated rings. The second kappa shape index (κ2) is 6.16. The van der Waals surface area contributed by atoms with Crippen molar-refractivity contribution in [1.82, 2.24) is 15.1 Å². The molecular weight excluding hydrogens is 262 g/mol. The number of hydrogen-bond acceptors (Lipinski definition) is 3. The number of rotatable bonds is 4. The van der Waals surface area contributed by atoms with Crippen molar-refractivity contribution in [3.8, 4) is 0 Å². The fourth-order valence-electron chi connectivity index (χ4n) is 3.51. The van der Waals surface area contributed by atoms with Crippen LogP contribution in [0.1, 0.15) is 30.6 Å². The molecule has 21 heavy (non-hydrogen) atoms. The summed E-state index contributed by atoms with van der Waals surface area (Å²) < 4.78 is 0. The highest BCUT2D eigenvalue weighted by Crippen LogP contribution is 2.26. The van der Waals surface area contributed by atoms with Crippen LogP contribution >= 0.6 is 0 Å². The molecule has 1 aromatic carbocycles. The molecule has 0 spiro atoms. The lowest BCUT2D eigenvalue weighted by molar-refractivity contribution is -0.128. The number of hydrogen-bond donors (Lipinski definition) is 1. The summed E-state index contributed by atoms with van der Waals surface area (Å²) in [4.78, 5) is 16.7. The van der Waals surface area contributed by atoms with Crippen LogP contribution in [0.5, 0.6) is 0 Å². The summed E-state index contributed by atoms with van der Waals surface area (Å²) in [7, 11) is 0. The van der Waals surface area contributed by atoms with Crippen molar-refractivity contribution in [3.63, 3.8) is 0 Å². The molecule has 1 aromatic rings. The molecule has 2 heterocycles. The zero-order valence-corrected chi connectivity index (χ0v) is 13.0. The van der Waals surface area contributed by atoms with Gasteiger partial charge in [0.05, 0.1) is 6.54 Å². The van der Waals surface area contributed by atoms with E-state index in [1.54, 1.807) is 0 Å². The van der Waals surface area contributed by atoms with Crippen LogP contribution in [0.15, 0.2) is 24.3 Å². The van der Waals surface area contributed by atoms with Crippen LogP contribution in [0.2, 0.25) is 0 Å². The third kappa shape index (κ3) is 3.11. The Kier molecular flexibility index (Phi) is 4.27. The first-order valence-electron chi connectivity index (χ1n) is 7.99. The second-order valence-corrected chi connectivity index (χ2v) is 6.29. The first-order chi connectivity index (χ1) is 10.2. The molecule has 1 amide bonds. The van der Waals surface area contributed by atoms with Gasteiger partial charge in [-0.1, -0.05) is 36.8 Å². The molecule has 0 aromatic heterocycles. The Morgan fingerprint density at radius 3 is 2.95 bits per heavy atom. The van der Waals surface area contributed by atoms with Gasteiger partial charge in [-0.2, -0.15) is 0 Å². The lowest BCUT2D eigenvalue weighted by Gasteiger charge is -2.27. The smallest absolute Gasteiger partial charge is 0.238 e. The average Bonchev–Trinajstić information content (AvgIpc) is 3.07. The molecule has 0 aliphatic carbocycles. The van der Waals surface area contributed by atoms with E-state index in [-0.39, 0.29) is 12.1 Å². The van der Waals surface area contributed by atoms with E-state index in [0.717, 1.165) is 19.6 Å². The van der Waals surface area contributed by atoms with E-state index in [1.807, 2.05) is 4.90 Å². The molecule has 1 N–H and O–H groups in total. The number of nitrogens with one attached hydrogen (secondary N) is 1. The molecule has 2 aliphatic heterocycles. The van der Waals surface area contributed by atoms with Gasteiger partial charge >= 0.3 is 0 Å². The fourth-order valence-corrected chi connectivity index (χ4v) is 3.51. The third-order valence-electron chi connectivity index (χ3n) is 4.71. The lowest BCUT2D eigenvalue weighted by atomic mass is 10.1.